The third-order valence-corrected chi connectivity index (χ3v) is 4.27. The fourth-order valence-corrected chi connectivity index (χ4v) is 3.01. The average molecular weight is 348 g/mol. The Morgan fingerprint density at radius 2 is 2.12 bits per heavy atom. The van der Waals surface area contributed by atoms with E-state index in [1.54, 1.807) is 37.4 Å². The standard InChI is InChI=1S/C17H24N4O4/c1-4-21-8-12(7-19-21)25-16-11-20(10-14(16)22)9-13-17(24-3)15(23-2)5-6-18-13/h5-8,14,16,22H,4,9-11H2,1-3H3/t14-,16-/m1/s1. The molecule has 0 radical (unpaired) electrons. The molecule has 0 spiro atoms. The molecule has 0 aliphatic carbocycles. The minimum atomic E-state index is -0.568. The summed E-state index contributed by atoms with van der Waals surface area (Å²) in [5.74, 6) is 1.94. The van der Waals surface area contributed by atoms with Gasteiger partial charge in [-0.15, -0.1) is 0 Å². The van der Waals surface area contributed by atoms with Gasteiger partial charge in [0.2, 0.25) is 0 Å². The van der Waals surface area contributed by atoms with Crippen molar-refractivity contribution in [1.82, 2.24) is 19.7 Å². The number of methoxy groups -OCH3 is 2. The van der Waals surface area contributed by atoms with Crippen molar-refractivity contribution in [1.29, 1.82) is 0 Å². The number of rotatable bonds is 7. The monoisotopic (exact) mass is 348 g/mol. The summed E-state index contributed by atoms with van der Waals surface area (Å²) >= 11 is 0. The number of likely N-dealkylation sites (tertiary alicyclic amines) is 1. The Balaban J connectivity index is 1.65. The number of aliphatic hydroxyl groups is 1. The second-order valence-corrected chi connectivity index (χ2v) is 5.94. The lowest BCUT2D eigenvalue weighted by Crippen LogP contribution is -2.29. The van der Waals surface area contributed by atoms with E-state index < -0.39 is 6.10 Å². The molecule has 2 atom stereocenters. The van der Waals surface area contributed by atoms with Crippen LogP contribution in [0.4, 0.5) is 0 Å². The van der Waals surface area contributed by atoms with Crippen LogP contribution in [0, 0.1) is 0 Å². The molecule has 1 saturated heterocycles. The Morgan fingerprint density at radius 3 is 2.80 bits per heavy atom. The van der Waals surface area contributed by atoms with Gasteiger partial charge in [0.25, 0.3) is 0 Å². The first-order valence-electron chi connectivity index (χ1n) is 8.30. The van der Waals surface area contributed by atoms with Gasteiger partial charge in [0.15, 0.2) is 17.2 Å². The van der Waals surface area contributed by atoms with E-state index in [0.29, 0.717) is 36.9 Å². The molecule has 1 fully saturated rings. The van der Waals surface area contributed by atoms with E-state index in [1.807, 2.05) is 13.1 Å². The smallest absolute Gasteiger partial charge is 0.183 e. The molecule has 2 aromatic heterocycles. The zero-order valence-corrected chi connectivity index (χ0v) is 14.8. The summed E-state index contributed by atoms with van der Waals surface area (Å²) in [7, 11) is 3.20. The molecule has 0 aromatic carbocycles. The lowest BCUT2D eigenvalue weighted by molar-refractivity contribution is 0.0736. The average Bonchev–Trinajstić information content (AvgIpc) is 3.21. The quantitative estimate of drug-likeness (QED) is 0.797. The highest BCUT2D eigenvalue weighted by molar-refractivity contribution is 5.42. The van der Waals surface area contributed by atoms with Gasteiger partial charge in [-0.25, -0.2) is 0 Å². The fourth-order valence-electron chi connectivity index (χ4n) is 3.01. The predicted octanol–water partition coefficient (Wildman–Crippen LogP) is 0.939. The van der Waals surface area contributed by atoms with E-state index in [0.717, 1.165) is 12.2 Å². The van der Waals surface area contributed by atoms with E-state index in [4.69, 9.17) is 14.2 Å². The highest BCUT2D eigenvalue weighted by atomic mass is 16.5. The number of nitrogens with zero attached hydrogens (tertiary/aromatic N) is 4. The topological polar surface area (TPSA) is 81.9 Å². The van der Waals surface area contributed by atoms with Crippen LogP contribution >= 0.6 is 0 Å². The third kappa shape index (κ3) is 3.85. The van der Waals surface area contributed by atoms with Crippen LogP contribution in [-0.2, 0) is 13.1 Å². The maximum Gasteiger partial charge on any atom is 0.183 e. The lowest BCUT2D eigenvalue weighted by atomic mass is 10.2. The van der Waals surface area contributed by atoms with Gasteiger partial charge in [-0.1, -0.05) is 0 Å². The van der Waals surface area contributed by atoms with Gasteiger partial charge < -0.3 is 19.3 Å². The first-order valence-corrected chi connectivity index (χ1v) is 8.30. The van der Waals surface area contributed by atoms with Crippen LogP contribution in [0.3, 0.4) is 0 Å². The number of aromatic nitrogens is 3. The number of aryl methyl sites for hydroxylation is 1. The molecule has 0 saturated carbocycles. The molecular formula is C17H24N4O4. The lowest BCUT2D eigenvalue weighted by Gasteiger charge is -2.18. The number of hydrogen-bond acceptors (Lipinski definition) is 7. The van der Waals surface area contributed by atoms with Crippen molar-refractivity contribution in [3.8, 4) is 17.2 Å². The van der Waals surface area contributed by atoms with Gasteiger partial charge >= 0.3 is 0 Å². The van der Waals surface area contributed by atoms with Crippen molar-refractivity contribution in [3.05, 3.63) is 30.4 Å². The first kappa shape index (κ1) is 17.5. The Morgan fingerprint density at radius 1 is 1.28 bits per heavy atom. The molecule has 1 aliphatic heterocycles. The van der Waals surface area contributed by atoms with Crippen LogP contribution in [0.5, 0.6) is 17.2 Å². The molecule has 3 heterocycles. The molecule has 25 heavy (non-hydrogen) atoms. The van der Waals surface area contributed by atoms with Crippen molar-refractivity contribution in [2.75, 3.05) is 27.3 Å². The summed E-state index contributed by atoms with van der Waals surface area (Å²) in [6, 6.07) is 1.76. The Hall–Kier alpha value is -2.32. The molecule has 8 nitrogen and oxygen atoms in total. The Bertz CT molecular complexity index is 706. The zero-order chi connectivity index (χ0) is 17.8. The Labute approximate surface area is 146 Å². The summed E-state index contributed by atoms with van der Waals surface area (Å²) in [6.45, 7) is 4.45. The molecule has 1 N–H and O–H groups in total. The Kier molecular flexibility index (Phi) is 5.40. The molecule has 136 valence electrons. The third-order valence-electron chi connectivity index (χ3n) is 4.27. The van der Waals surface area contributed by atoms with Crippen LogP contribution in [0.1, 0.15) is 12.6 Å². The summed E-state index contributed by atoms with van der Waals surface area (Å²) < 4.78 is 18.4. The molecule has 0 amide bonds. The molecular weight excluding hydrogens is 324 g/mol. The summed E-state index contributed by atoms with van der Waals surface area (Å²) in [4.78, 5) is 6.47. The number of aliphatic hydroxyl groups excluding tert-OH is 1. The highest BCUT2D eigenvalue weighted by Gasteiger charge is 2.34. The van der Waals surface area contributed by atoms with Crippen LogP contribution < -0.4 is 14.2 Å². The molecule has 1 aliphatic rings. The van der Waals surface area contributed by atoms with Crippen molar-refractivity contribution < 1.29 is 19.3 Å². The molecule has 8 heteroatoms. The van der Waals surface area contributed by atoms with Crippen LogP contribution in [0.2, 0.25) is 0 Å². The van der Waals surface area contributed by atoms with Crippen molar-refractivity contribution in [3.63, 3.8) is 0 Å². The summed E-state index contributed by atoms with van der Waals surface area (Å²) in [5.41, 5.74) is 0.772. The van der Waals surface area contributed by atoms with E-state index in [2.05, 4.69) is 15.0 Å². The minimum absolute atomic E-state index is 0.300. The number of pyridine rings is 1. The van der Waals surface area contributed by atoms with Crippen molar-refractivity contribution in [2.24, 2.45) is 0 Å². The predicted molar refractivity (Wildman–Crippen MR) is 90.9 cm³/mol. The maximum atomic E-state index is 10.3. The molecule has 2 aromatic rings. The van der Waals surface area contributed by atoms with E-state index in [9.17, 15) is 5.11 Å². The molecule has 3 rings (SSSR count). The van der Waals surface area contributed by atoms with Gasteiger partial charge in [-0.05, 0) is 6.92 Å². The second kappa shape index (κ2) is 7.71. The molecule has 0 unspecified atom stereocenters. The van der Waals surface area contributed by atoms with Crippen molar-refractivity contribution in [2.45, 2.75) is 32.2 Å². The van der Waals surface area contributed by atoms with Crippen molar-refractivity contribution >= 4 is 0 Å². The van der Waals surface area contributed by atoms with Gasteiger partial charge in [0.1, 0.15) is 17.9 Å². The van der Waals surface area contributed by atoms with Gasteiger partial charge in [-0.3, -0.25) is 14.6 Å². The SMILES string of the molecule is CCn1cc(O[C@@H]2CN(Cc3nccc(OC)c3OC)C[C@H]2O)cn1. The van der Waals surface area contributed by atoms with E-state index in [-0.39, 0.29) is 6.10 Å². The van der Waals surface area contributed by atoms with E-state index >= 15 is 0 Å². The zero-order valence-electron chi connectivity index (χ0n) is 14.8. The highest BCUT2D eigenvalue weighted by Crippen LogP contribution is 2.30. The minimum Gasteiger partial charge on any atom is -0.493 e. The van der Waals surface area contributed by atoms with E-state index in [1.165, 1.54) is 0 Å². The van der Waals surface area contributed by atoms with Gasteiger partial charge in [0, 0.05) is 38.4 Å². The first-order chi connectivity index (χ1) is 12.1. The maximum absolute atomic E-state index is 10.3. The summed E-state index contributed by atoms with van der Waals surface area (Å²) in [6.07, 6.45) is 4.33. The fraction of sp³-hybridized carbons (Fsp3) is 0.529. The number of ether oxygens (including phenoxy) is 3. The largest absolute Gasteiger partial charge is 0.493 e. The van der Waals surface area contributed by atoms with Crippen LogP contribution in [0.25, 0.3) is 0 Å². The molecule has 0 bridgehead atoms. The van der Waals surface area contributed by atoms with Crippen LogP contribution in [0.15, 0.2) is 24.7 Å². The van der Waals surface area contributed by atoms with Gasteiger partial charge in [0.05, 0.1) is 26.6 Å². The number of hydrogen-bond donors (Lipinski definition) is 1. The second-order valence-electron chi connectivity index (χ2n) is 5.94. The summed E-state index contributed by atoms with van der Waals surface area (Å²) in [5, 5.41) is 14.5. The van der Waals surface area contributed by atoms with Crippen LogP contribution in [-0.4, -0.2) is 64.3 Å². The number of β-amino-alcohol motifs (C(OH)–C–C–N with tert-alkyl or cyclic N) is 1. The normalized spacial score (nSPS) is 20.6. The van der Waals surface area contributed by atoms with Gasteiger partial charge in [-0.2, -0.15) is 5.10 Å².